The average molecular weight is 412 g/mol. The molecule has 0 aliphatic carbocycles. The molecule has 6 nitrogen and oxygen atoms in total. The van der Waals surface area contributed by atoms with E-state index in [4.69, 9.17) is 16.3 Å². The number of ether oxygens (including phenoxy) is 1. The van der Waals surface area contributed by atoms with Crippen LogP contribution in [0, 0.1) is 0 Å². The molecule has 0 atom stereocenters. The minimum Gasteiger partial charge on any atom is -0.494 e. The minimum absolute atomic E-state index is 0.162. The van der Waals surface area contributed by atoms with Crippen LogP contribution in [-0.2, 0) is 17.8 Å². The van der Waals surface area contributed by atoms with Gasteiger partial charge < -0.3 is 10.1 Å². The first kappa shape index (κ1) is 20.6. The Morgan fingerprint density at radius 3 is 2.55 bits per heavy atom. The second-order valence-electron chi connectivity index (χ2n) is 6.36. The maximum atomic E-state index is 12.7. The van der Waals surface area contributed by atoms with Crippen LogP contribution in [0.15, 0.2) is 59.4 Å². The maximum absolute atomic E-state index is 12.7. The third kappa shape index (κ3) is 5.23. The van der Waals surface area contributed by atoms with Gasteiger partial charge in [-0.25, -0.2) is 4.98 Å². The Balaban J connectivity index is 1.87. The van der Waals surface area contributed by atoms with E-state index in [1.807, 2.05) is 19.9 Å². The fraction of sp³-hybridized carbons (Fsp3) is 0.227. The van der Waals surface area contributed by atoms with Crippen molar-refractivity contribution in [1.82, 2.24) is 9.55 Å². The van der Waals surface area contributed by atoms with Crippen molar-refractivity contribution in [2.45, 2.75) is 26.8 Å². The second kappa shape index (κ2) is 9.39. The van der Waals surface area contributed by atoms with Gasteiger partial charge in [0.2, 0.25) is 5.91 Å². The molecule has 0 fully saturated rings. The van der Waals surface area contributed by atoms with Crippen LogP contribution in [0.3, 0.4) is 0 Å². The monoisotopic (exact) mass is 411 g/mol. The number of aryl methyl sites for hydroxylation is 1. The lowest BCUT2D eigenvalue weighted by atomic mass is 10.2. The molecule has 0 aliphatic rings. The molecule has 1 amide bonds. The van der Waals surface area contributed by atoms with E-state index in [1.54, 1.807) is 42.5 Å². The van der Waals surface area contributed by atoms with Gasteiger partial charge >= 0.3 is 0 Å². The van der Waals surface area contributed by atoms with Gasteiger partial charge in [-0.1, -0.05) is 30.7 Å². The smallest absolute Gasteiger partial charge is 0.254 e. The van der Waals surface area contributed by atoms with E-state index in [-0.39, 0.29) is 18.0 Å². The van der Waals surface area contributed by atoms with Gasteiger partial charge in [0.15, 0.2) is 0 Å². The molecular formula is C22H22ClN3O3. The van der Waals surface area contributed by atoms with E-state index in [0.29, 0.717) is 40.8 Å². The molecule has 0 aliphatic heterocycles. The Labute approximate surface area is 174 Å². The number of carbonyl (C=O) groups is 1. The third-order valence-corrected chi connectivity index (χ3v) is 4.49. The summed E-state index contributed by atoms with van der Waals surface area (Å²) in [6.07, 6.45) is 0.613. The van der Waals surface area contributed by atoms with Crippen molar-refractivity contribution in [2.24, 2.45) is 0 Å². The number of amides is 1. The predicted molar refractivity (Wildman–Crippen MR) is 115 cm³/mol. The van der Waals surface area contributed by atoms with E-state index in [2.05, 4.69) is 10.3 Å². The van der Waals surface area contributed by atoms with Crippen LogP contribution < -0.4 is 15.6 Å². The average Bonchev–Trinajstić information content (AvgIpc) is 2.71. The topological polar surface area (TPSA) is 73.2 Å². The zero-order valence-corrected chi connectivity index (χ0v) is 17.1. The fourth-order valence-corrected chi connectivity index (χ4v) is 3.07. The molecule has 29 heavy (non-hydrogen) atoms. The summed E-state index contributed by atoms with van der Waals surface area (Å²) in [6, 6.07) is 15.6. The number of hydrogen-bond donors (Lipinski definition) is 1. The van der Waals surface area contributed by atoms with Crippen LogP contribution in [0.1, 0.15) is 19.5 Å². The first-order valence-electron chi connectivity index (χ1n) is 9.39. The van der Waals surface area contributed by atoms with E-state index in [0.717, 1.165) is 5.75 Å². The third-order valence-electron chi connectivity index (χ3n) is 4.26. The lowest BCUT2D eigenvalue weighted by molar-refractivity contribution is -0.116. The van der Waals surface area contributed by atoms with Gasteiger partial charge in [-0.15, -0.1) is 0 Å². The normalized spacial score (nSPS) is 10.6. The van der Waals surface area contributed by atoms with Crippen LogP contribution in [-0.4, -0.2) is 22.1 Å². The number of anilines is 1. The molecule has 150 valence electrons. The highest BCUT2D eigenvalue weighted by atomic mass is 35.5. The van der Waals surface area contributed by atoms with Crippen molar-refractivity contribution < 1.29 is 9.53 Å². The molecule has 2 aromatic carbocycles. The van der Waals surface area contributed by atoms with E-state index in [9.17, 15) is 9.59 Å². The van der Waals surface area contributed by atoms with Gasteiger partial charge in [-0.2, -0.15) is 0 Å². The molecule has 7 heteroatoms. The number of aromatic nitrogens is 2. The summed E-state index contributed by atoms with van der Waals surface area (Å²) in [6.45, 7) is 4.24. The quantitative estimate of drug-likeness (QED) is 0.633. The maximum Gasteiger partial charge on any atom is 0.254 e. The summed E-state index contributed by atoms with van der Waals surface area (Å²) in [4.78, 5) is 29.8. The van der Waals surface area contributed by atoms with Gasteiger partial charge in [0.05, 0.1) is 6.61 Å². The van der Waals surface area contributed by atoms with Crippen LogP contribution in [0.5, 0.6) is 5.75 Å². The highest BCUT2D eigenvalue weighted by molar-refractivity contribution is 6.30. The number of carbonyl (C=O) groups excluding carboxylic acids is 1. The molecular weight excluding hydrogens is 390 g/mol. The molecule has 0 saturated heterocycles. The zero-order chi connectivity index (χ0) is 20.8. The van der Waals surface area contributed by atoms with Crippen molar-refractivity contribution in [3.63, 3.8) is 0 Å². The summed E-state index contributed by atoms with van der Waals surface area (Å²) in [7, 11) is 0. The molecule has 0 saturated carbocycles. The molecule has 3 rings (SSSR count). The van der Waals surface area contributed by atoms with Gasteiger partial charge in [-0.05, 0) is 49.7 Å². The van der Waals surface area contributed by atoms with Gasteiger partial charge in [0.25, 0.3) is 5.56 Å². The largest absolute Gasteiger partial charge is 0.494 e. The highest BCUT2D eigenvalue weighted by Gasteiger charge is 2.14. The number of hydrogen-bond acceptors (Lipinski definition) is 4. The van der Waals surface area contributed by atoms with Crippen molar-refractivity contribution in [2.75, 3.05) is 11.9 Å². The molecule has 3 aromatic rings. The van der Waals surface area contributed by atoms with E-state index < -0.39 is 0 Å². The molecule has 0 bridgehead atoms. The molecule has 1 N–H and O–H groups in total. The van der Waals surface area contributed by atoms with Crippen molar-refractivity contribution in [3.8, 4) is 17.1 Å². The molecule has 0 spiro atoms. The van der Waals surface area contributed by atoms with E-state index in [1.165, 1.54) is 10.6 Å². The molecule has 0 unspecified atom stereocenters. The predicted octanol–water partition coefficient (Wildman–Crippen LogP) is 4.16. The van der Waals surface area contributed by atoms with Crippen LogP contribution in [0.4, 0.5) is 5.69 Å². The lowest BCUT2D eigenvalue weighted by Gasteiger charge is -2.14. The summed E-state index contributed by atoms with van der Waals surface area (Å²) >= 11 is 6.10. The van der Waals surface area contributed by atoms with Gasteiger partial charge in [0.1, 0.15) is 18.1 Å². The lowest BCUT2D eigenvalue weighted by Crippen LogP contribution is -2.30. The van der Waals surface area contributed by atoms with Crippen molar-refractivity contribution in [1.29, 1.82) is 0 Å². The summed E-state index contributed by atoms with van der Waals surface area (Å²) < 4.78 is 6.75. The highest BCUT2D eigenvalue weighted by Crippen LogP contribution is 2.21. The van der Waals surface area contributed by atoms with Crippen LogP contribution >= 0.6 is 11.6 Å². The number of benzene rings is 2. The second-order valence-corrected chi connectivity index (χ2v) is 6.80. The van der Waals surface area contributed by atoms with Gasteiger partial charge in [-0.3, -0.25) is 14.2 Å². The Kier molecular flexibility index (Phi) is 6.67. The Morgan fingerprint density at radius 2 is 1.90 bits per heavy atom. The van der Waals surface area contributed by atoms with Crippen molar-refractivity contribution >= 4 is 23.2 Å². The number of nitrogens with zero attached hydrogens (tertiary/aromatic N) is 2. The summed E-state index contributed by atoms with van der Waals surface area (Å²) in [5.74, 6) is 0.814. The Morgan fingerprint density at radius 1 is 1.14 bits per heavy atom. The Hall–Kier alpha value is -3.12. The SMILES string of the molecule is CCOc1ccc(NC(=O)Cn2c(-c3cccc(Cl)c3)nc(CC)cc2=O)cc1. The number of halogens is 1. The first-order chi connectivity index (χ1) is 14.0. The zero-order valence-electron chi connectivity index (χ0n) is 16.3. The molecule has 1 aromatic heterocycles. The number of nitrogens with one attached hydrogen (secondary N) is 1. The molecule has 1 heterocycles. The van der Waals surface area contributed by atoms with E-state index >= 15 is 0 Å². The Bertz CT molecular complexity index is 1060. The standard InChI is InChI=1S/C22H22ClN3O3/c1-3-17-13-21(28)26(22(25-17)15-6-5-7-16(23)12-15)14-20(27)24-18-8-10-19(11-9-18)29-4-2/h5-13H,3-4,14H2,1-2H3,(H,24,27). The summed E-state index contributed by atoms with van der Waals surface area (Å²) in [5.41, 5.74) is 1.68. The fourth-order valence-electron chi connectivity index (χ4n) is 2.88. The van der Waals surface area contributed by atoms with Gasteiger partial charge in [0, 0.05) is 28.0 Å². The van der Waals surface area contributed by atoms with Crippen molar-refractivity contribution in [3.05, 3.63) is 75.7 Å². The van der Waals surface area contributed by atoms with Crippen LogP contribution in [0.25, 0.3) is 11.4 Å². The molecule has 0 radical (unpaired) electrons. The van der Waals surface area contributed by atoms with Crippen LogP contribution in [0.2, 0.25) is 5.02 Å². The number of rotatable bonds is 7. The summed E-state index contributed by atoms with van der Waals surface area (Å²) in [5, 5.41) is 3.33. The minimum atomic E-state index is -0.328. The first-order valence-corrected chi connectivity index (χ1v) is 9.77.